The van der Waals surface area contributed by atoms with Gasteiger partial charge in [0.1, 0.15) is 5.75 Å². The molecule has 2 nitrogen and oxygen atoms in total. The number of aliphatic imine (C=N–C) groups is 1. The maximum atomic E-state index is 5.98. The second-order valence-electron chi connectivity index (χ2n) is 7.84. The van der Waals surface area contributed by atoms with E-state index < -0.39 is 0 Å². The van der Waals surface area contributed by atoms with E-state index in [1.165, 1.54) is 57.1 Å². The Balaban J connectivity index is 2.52. The van der Waals surface area contributed by atoms with E-state index in [2.05, 4.69) is 59.4 Å². The molecular weight excluding hydrogens is 330 g/mol. The number of nitrogens with zero attached hydrogens (tertiary/aromatic N) is 1. The van der Waals surface area contributed by atoms with Crippen LogP contribution in [0, 0.1) is 12.8 Å². The third-order valence-corrected chi connectivity index (χ3v) is 5.28. The Kier molecular flexibility index (Phi) is 11.8. The monoisotopic (exact) mass is 371 g/mol. The first-order chi connectivity index (χ1) is 13.0. The zero-order valence-corrected chi connectivity index (χ0v) is 18.4. The predicted octanol–water partition coefficient (Wildman–Crippen LogP) is 7.99. The molecule has 0 radical (unpaired) electrons. The van der Waals surface area contributed by atoms with E-state index in [1.54, 1.807) is 0 Å². The lowest BCUT2D eigenvalue weighted by Gasteiger charge is -2.13. The number of hydrogen-bond donors (Lipinski definition) is 0. The van der Waals surface area contributed by atoms with Gasteiger partial charge in [-0.1, -0.05) is 72.3 Å². The van der Waals surface area contributed by atoms with Crippen LogP contribution in [-0.4, -0.2) is 12.3 Å². The predicted molar refractivity (Wildman–Crippen MR) is 121 cm³/mol. The summed E-state index contributed by atoms with van der Waals surface area (Å²) in [6, 6.07) is 6.30. The van der Waals surface area contributed by atoms with Crippen LogP contribution in [0.15, 0.2) is 29.8 Å². The molecule has 27 heavy (non-hydrogen) atoms. The van der Waals surface area contributed by atoms with Crippen molar-refractivity contribution < 1.29 is 4.74 Å². The van der Waals surface area contributed by atoms with E-state index in [1.807, 2.05) is 0 Å². The van der Waals surface area contributed by atoms with Crippen molar-refractivity contribution in [1.29, 1.82) is 0 Å². The summed E-state index contributed by atoms with van der Waals surface area (Å²) in [5.74, 6) is 1.50. The van der Waals surface area contributed by atoms with Crippen LogP contribution in [-0.2, 0) is 0 Å². The molecule has 1 aromatic carbocycles. The normalized spacial score (nSPS) is 12.9. The number of ether oxygens (including phenoxy) is 1. The Labute approximate surface area is 168 Å². The molecule has 0 aliphatic carbocycles. The summed E-state index contributed by atoms with van der Waals surface area (Å²) in [7, 11) is 0. The van der Waals surface area contributed by atoms with Crippen molar-refractivity contribution in [3.8, 4) is 5.75 Å². The quantitative estimate of drug-likeness (QED) is 0.240. The van der Waals surface area contributed by atoms with E-state index in [9.17, 15) is 0 Å². The molecule has 0 saturated carbocycles. The van der Waals surface area contributed by atoms with Crippen LogP contribution >= 0.6 is 0 Å². The van der Waals surface area contributed by atoms with Gasteiger partial charge in [0.05, 0.1) is 12.3 Å². The highest BCUT2D eigenvalue weighted by Gasteiger charge is 2.08. The topological polar surface area (TPSA) is 21.6 Å². The van der Waals surface area contributed by atoms with Crippen LogP contribution in [0.5, 0.6) is 5.75 Å². The summed E-state index contributed by atoms with van der Waals surface area (Å²) >= 11 is 0. The number of aryl methyl sites for hydroxylation is 1. The Morgan fingerprint density at radius 2 is 1.70 bits per heavy atom. The van der Waals surface area contributed by atoms with Gasteiger partial charge in [-0.25, -0.2) is 0 Å². The number of rotatable bonds is 14. The van der Waals surface area contributed by atoms with E-state index in [0.29, 0.717) is 5.92 Å². The van der Waals surface area contributed by atoms with Gasteiger partial charge >= 0.3 is 0 Å². The molecule has 1 aromatic rings. The summed E-state index contributed by atoms with van der Waals surface area (Å²) in [5.41, 5.74) is 4.27. The summed E-state index contributed by atoms with van der Waals surface area (Å²) < 4.78 is 5.98. The molecule has 0 N–H and O–H groups in total. The van der Waals surface area contributed by atoms with Crippen LogP contribution in [0.4, 0.5) is 0 Å². The van der Waals surface area contributed by atoms with Gasteiger partial charge in [0.25, 0.3) is 0 Å². The van der Waals surface area contributed by atoms with Crippen LogP contribution in [0.1, 0.15) is 96.6 Å². The van der Waals surface area contributed by atoms with E-state index in [0.717, 1.165) is 35.6 Å². The van der Waals surface area contributed by atoms with Gasteiger partial charge in [-0.3, -0.25) is 4.99 Å². The number of unbranched alkanes of at least 4 members (excludes halogenated alkanes) is 6. The SMILES string of the molecule is C=C(/N=C(\C)[C@@H](C)CCCC)c1ccc(OCCCCCCCC)c(C)c1. The fourth-order valence-corrected chi connectivity index (χ4v) is 3.16. The van der Waals surface area contributed by atoms with Crippen molar-refractivity contribution in [3.63, 3.8) is 0 Å². The molecule has 2 heteroatoms. The molecule has 0 heterocycles. The first-order valence-corrected chi connectivity index (χ1v) is 11.0. The van der Waals surface area contributed by atoms with Crippen molar-refractivity contribution in [1.82, 2.24) is 0 Å². The van der Waals surface area contributed by atoms with Gasteiger partial charge in [-0.05, 0) is 56.4 Å². The fourth-order valence-electron chi connectivity index (χ4n) is 3.16. The van der Waals surface area contributed by atoms with Crippen LogP contribution in [0.25, 0.3) is 5.70 Å². The lowest BCUT2D eigenvalue weighted by atomic mass is 9.99. The minimum absolute atomic E-state index is 0.516. The summed E-state index contributed by atoms with van der Waals surface area (Å²) in [5, 5.41) is 0. The van der Waals surface area contributed by atoms with Crippen molar-refractivity contribution in [2.24, 2.45) is 10.9 Å². The van der Waals surface area contributed by atoms with Crippen molar-refractivity contribution in [3.05, 3.63) is 35.9 Å². The molecule has 1 rings (SSSR count). The lowest BCUT2D eigenvalue weighted by Crippen LogP contribution is -2.07. The van der Waals surface area contributed by atoms with Gasteiger partial charge in [0, 0.05) is 11.3 Å². The second-order valence-corrected chi connectivity index (χ2v) is 7.84. The summed E-state index contributed by atoms with van der Waals surface area (Å²) in [6.45, 7) is 16.0. The van der Waals surface area contributed by atoms with E-state index in [-0.39, 0.29) is 0 Å². The van der Waals surface area contributed by atoms with Gasteiger partial charge in [0.2, 0.25) is 0 Å². The standard InChI is InChI=1S/C25H41NO/c1-7-9-11-12-13-14-18-27-25-17-16-24(19-21(25)4)23(6)26-22(5)20(3)15-10-8-2/h16-17,19-20H,6-15,18H2,1-5H3/b26-22+/t20-/m0/s1. The Bertz CT molecular complexity index is 588. The molecule has 0 aliphatic heterocycles. The molecule has 0 unspecified atom stereocenters. The van der Waals surface area contributed by atoms with E-state index >= 15 is 0 Å². The second kappa shape index (κ2) is 13.6. The zero-order valence-electron chi connectivity index (χ0n) is 18.4. The third kappa shape index (κ3) is 9.26. The largest absolute Gasteiger partial charge is 0.493 e. The molecule has 1 atom stereocenters. The highest BCUT2D eigenvalue weighted by Crippen LogP contribution is 2.24. The third-order valence-electron chi connectivity index (χ3n) is 5.28. The van der Waals surface area contributed by atoms with Crippen molar-refractivity contribution >= 4 is 11.4 Å². The molecule has 0 amide bonds. The van der Waals surface area contributed by atoms with Crippen LogP contribution in [0.2, 0.25) is 0 Å². The molecule has 152 valence electrons. The average Bonchev–Trinajstić information content (AvgIpc) is 2.66. The van der Waals surface area contributed by atoms with Crippen LogP contribution in [0.3, 0.4) is 0 Å². The van der Waals surface area contributed by atoms with Gasteiger partial charge < -0.3 is 4.74 Å². The Hall–Kier alpha value is -1.57. The smallest absolute Gasteiger partial charge is 0.122 e. The Morgan fingerprint density at radius 1 is 1.04 bits per heavy atom. The van der Waals surface area contributed by atoms with E-state index in [4.69, 9.17) is 9.73 Å². The number of hydrogen-bond acceptors (Lipinski definition) is 2. The maximum Gasteiger partial charge on any atom is 0.122 e. The average molecular weight is 372 g/mol. The maximum absolute atomic E-state index is 5.98. The first-order valence-electron chi connectivity index (χ1n) is 11.0. The zero-order chi connectivity index (χ0) is 20.1. The van der Waals surface area contributed by atoms with Crippen molar-refractivity contribution in [2.75, 3.05) is 6.61 Å². The molecule has 0 fully saturated rings. The summed E-state index contributed by atoms with van der Waals surface area (Å²) in [4.78, 5) is 4.76. The minimum Gasteiger partial charge on any atom is -0.493 e. The van der Waals surface area contributed by atoms with Crippen LogP contribution < -0.4 is 4.74 Å². The molecule has 0 saturated heterocycles. The fraction of sp³-hybridized carbons (Fsp3) is 0.640. The first kappa shape index (κ1) is 23.5. The van der Waals surface area contributed by atoms with Gasteiger partial charge in [-0.15, -0.1) is 0 Å². The van der Waals surface area contributed by atoms with Gasteiger partial charge in [0.15, 0.2) is 0 Å². The van der Waals surface area contributed by atoms with Gasteiger partial charge in [-0.2, -0.15) is 0 Å². The molecule has 0 spiro atoms. The molecule has 0 bridgehead atoms. The highest BCUT2D eigenvalue weighted by molar-refractivity contribution is 5.89. The Morgan fingerprint density at radius 3 is 2.37 bits per heavy atom. The molecule has 0 aliphatic rings. The highest BCUT2D eigenvalue weighted by atomic mass is 16.5. The lowest BCUT2D eigenvalue weighted by molar-refractivity contribution is 0.302. The molecule has 0 aromatic heterocycles. The van der Waals surface area contributed by atoms with Crippen molar-refractivity contribution in [2.45, 2.75) is 92.4 Å². The number of benzene rings is 1. The summed E-state index contributed by atoms with van der Waals surface area (Å²) in [6.07, 6.45) is 11.4. The minimum atomic E-state index is 0.516. The molecular formula is C25H41NO.